The number of nitrogens with two attached hydrogens (primary N) is 1. The summed E-state index contributed by atoms with van der Waals surface area (Å²) in [5.41, 5.74) is 6.78. The minimum Gasteiger partial charge on any atom is -0.347 e. The highest BCUT2D eigenvalue weighted by Crippen LogP contribution is 2.25. The van der Waals surface area contributed by atoms with Crippen LogP contribution in [-0.2, 0) is 0 Å². The molecule has 1 aromatic heterocycles. The summed E-state index contributed by atoms with van der Waals surface area (Å²) in [6.45, 7) is 4.53. The Balaban J connectivity index is 0.00000312. The van der Waals surface area contributed by atoms with E-state index in [2.05, 4.69) is 24.1 Å². The fourth-order valence-corrected chi connectivity index (χ4v) is 3.09. The summed E-state index contributed by atoms with van der Waals surface area (Å²) in [5, 5.41) is 15.9. The fourth-order valence-electron chi connectivity index (χ4n) is 2.28. The Kier molecular flexibility index (Phi) is 7.95. The van der Waals surface area contributed by atoms with Crippen LogP contribution >= 0.6 is 23.7 Å². The quantitative estimate of drug-likeness (QED) is 0.562. The molecule has 9 heteroatoms. The zero-order chi connectivity index (χ0) is 17.7. The van der Waals surface area contributed by atoms with Crippen LogP contribution in [0, 0.1) is 16.0 Å². The molecule has 1 atom stereocenters. The average molecular weight is 385 g/mol. The Morgan fingerprint density at radius 3 is 2.52 bits per heavy atom. The zero-order valence-electron chi connectivity index (χ0n) is 14.0. The molecule has 1 aromatic carbocycles. The third-order valence-electron chi connectivity index (χ3n) is 3.44. The number of amides is 1. The molecule has 2 rings (SSSR count). The van der Waals surface area contributed by atoms with E-state index in [1.165, 1.54) is 23.5 Å². The van der Waals surface area contributed by atoms with Gasteiger partial charge in [0.1, 0.15) is 10.7 Å². The van der Waals surface area contributed by atoms with Gasteiger partial charge in [0, 0.05) is 35.7 Å². The standard InChI is InChI=1S/C16H20N4O3S.ClH/c1-10(2)7-12(8-17)18-15(21)14-9-24-16(19-14)11-3-5-13(6-4-11)20(22)23;/h3-6,9-10,12H,7-8,17H2,1-2H3,(H,18,21);1H. The molecule has 1 heterocycles. The first-order chi connectivity index (χ1) is 11.4. The van der Waals surface area contributed by atoms with E-state index >= 15 is 0 Å². The summed E-state index contributed by atoms with van der Waals surface area (Å²) < 4.78 is 0. The third kappa shape index (κ3) is 5.77. The molecule has 0 saturated heterocycles. The number of hydrogen-bond acceptors (Lipinski definition) is 6. The maximum atomic E-state index is 12.3. The van der Waals surface area contributed by atoms with Crippen molar-refractivity contribution in [3.05, 3.63) is 45.5 Å². The van der Waals surface area contributed by atoms with Crippen molar-refractivity contribution in [1.29, 1.82) is 0 Å². The van der Waals surface area contributed by atoms with Crippen LogP contribution in [0.2, 0.25) is 0 Å². The topological polar surface area (TPSA) is 111 Å². The SMILES string of the molecule is CC(C)CC(CN)NC(=O)c1csc(-c2ccc([N+](=O)[O-])cc2)n1.Cl. The van der Waals surface area contributed by atoms with E-state index in [0.717, 1.165) is 12.0 Å². The number of carbonyl (C=O) groups is 1. The van der Waals surface area contributed by atoms with Gasteiger partial charge in [-0.25, -0.2) is 4.98 Å². The number of benzene rings is 1. The molecule has 0 aliphatic heterocycles. The molecule has 2 aromatic rings. The van der Waals surface area contributed by atoms with Crippen molar-refractivity contribution in [1.82, 2.24) is 10.3 Å². The zero-order valence-corrected chi connectivity index (χ0v) is 15.6. The maximum Gasteiger partial charge on any atom is 0.271 e. The smallest absolute Gasteiger partial charge is 0.271 e. The minimum atomic E-state index is -0.452. The van der Waals surface area contributed by atoms with Crippen LogP contribution in [0.15, 0.2) is 29.6 Å². The van der Waals surface area contributed by atoms with E-state index < -0.39 is 4.92 Å². The van der Waals surface area contributed by atoms with E-state index in [4.69, 9.17) is 5.73 Å². The van der Waals surface area contributed by atoms with E-state index in [1.54, 1.807) is 17.5 Å². The molecule has 0 aliphatic rings. The summed E-state index contributed by atoms with van der Waals surface area (Å²) >= 11 is 1.32. The first-order valence-electron chi connectivity index (χ1n) is 7.62. The second-order valence-corrected chi connectivity index (χ2v) is 6.74. The number of aromatic nitrogens is 1. The second-order valence-electron chi connectivity index (χ2n) is 5.88. The van der Waals surface area contributed by atoms with Crippen molar-refractivity contribution in [2.45, 2.75) is 26.3 Å². The molecule has 0 bridgehead atoms. The van der Waals surface area contributed by atoms with Gasteiger partial charge in [0.05, 0.1) is 4.92 Å². The lowest BCUT2D eigenvalue weighted by atomic mass is 10.0. The summed E-state index contributed by atoms with van der Waals surface area (Å²) in [5.74, 6) is 0.181. The predicted octanol–water partition coefficient (Wildman–Crippen LogP) is 3.24. The van der Waals surface area contributed by atoms with Crippen LogP contribution in [0.4, 0.5) is 5.69 Å². The molecule has 3 N–H and O–H groups in total. The number of nitrogens with zero attached hydrogens (tertiary/aromatic N) is 2. The predicted molar refractivity (Wildman–Crippen MR) is 101 cm³/mol. The Morgan fingerprint density at radius 2 is 2.00 bits per heavy atom. The molecule has 136 valence electrons. The number of halogens is 1. The minimum absolute atomic E-state index is 0. The van der Waals surface area contributed by atoms with E-state index in [9.17, 15) is 14.9 Å². The van der Waals surface area contributed by atoms with E-state index in [1.807, 2.05) is 0 Å². The Morgan fingerprint density at radius 1 is 1.36 bits per heavy atom. The van der Waals surface area contributed by atoms with Crippen LogP contribution in [0.25, 0.3) is 10.6 Å². The van der Waals surface area contributed by atoms with Gasteiger partial charge >= 0.3 is 0 Å². The van der Waals surface area contributed by atoms with Crippen LogP contribution < -0.4 is 11.1 Å². The Bertz CT molecular complexity index is 718. The van der Waals surface area contributed by atoms with Gasteiger partial charge in [-0.05, 0) is 24.5 Å². The van der Waals surface area contributed by atoms with Gasteiger partial charge in [-0.2, -0.15) is 0 Å². The number of nitro groups is 1. The third-order valence-corrected chi connectivity index (χ3v) is 4.33. The number of non-ortho nitro benzene ring substituents is 1. The molecular formula is C16H21ClN4O3S. The molecule has 1 unspecified atom stereocenters. The average Bonchev–Trinajstić information content (AvgIpc) is 3.04. The summed E-state index contributed by atoms with van der Waals surface area (Å²) in [7, 11) is 0. The van der Waals surface area contributed by atoms with Gasteiger partial charge in [0.15, 0.2) is 0 Å². The van der Waals surface area contributed by atoms with Gasteiger partial charge in [-0.1, -0.05) is 13.8 Å². The van der Waals surface area contributed by atoms with E-state index in [0.29, 0.717) is 23.2 Å². The highest BCUT2D eigenvalue weighted by Gasteiger charge is 2.17. The fraction of sp³-hybridized carbons (Fsp3) is 0.375. The summed E-state index contributed by atoms with van der Waals surface area (Å²) in [6, 6.07) is 6.01. The van der Waals surface area contributed by atoms with Crippen molar-refractivity contribution >= 4 is 35.3 Å². The number of nitro benzene ring substituents is 1. The normalized spacial score (nSPS) is 11.7. The molecular weight excluding hydrogens is 364 g/mol. The van der Waals surface area contributed by atoms with Gasteiger partial charge in [0.2, 0.25) is 0 Å². The molecule has 0 radical (unpaired) electrons. The molecule has 0 aliphatic carbocycles. The van der Waals surface area contributed by atoms with Crippen molar-refractivity contribution in [3.8, 4) is 10.6 Å². The van der Waals surface area contributed by atoms with Crippen molar-refractivity contribution in [3.63, 3.8) is 0 Å². The molecule has 0 fully saturated rings. The first-order valence-corrected chi connectivity index (χ1v) is 8.50. The lowest BCUT2D eigenvalue weighted by molar-refractivity contribution is -0.384. The highest BCUT2D eigenvalue weighted by molar-refractivity contribution is 7.13. The molecule has 25 heavy (non-hydrogen) atoms. The van der Waals surface area contributed by atoms with Crippen LogP contribution in [0.3, 0.4) is 0 Å². The van der Waals surface area contributed by atoms with Crippen LogP contribution in [0.1, 0.15) is 30.8 Å². The lowest BCUT2D eigenvalue weighted by Crippen LogP contribution is -2.41. The number of hydrogen-bond donors (Lipinski definition) is 2. The van der Waals surface area contributed by atoms with Gasteiger partial charge < -0.3 is 11.1 Å². The molecule has 0 saturated carbocycles. The Hall–Kier alpha value is -2.03. The summed E-state index contributed by atoms with van der Waals surface area (Å²) in [6.07, 6.45) is 0.807. The van der Waals surface area contributed by atoms with Crippen molar-refractivity contribution in [2.24, 2.45) is 11.7 Å². The van der Waals surface area contributed by atoms with Crippen molar-refractivity contribution in [2.75, 3.05) is 6.54 Å². The maximum absolute atomic E-state index is 12.3. The molecule has 7 nitrogen and oxygen atoms in total. The van der Waals surface area contributed by atoms with Crippen LogP contribution in [-0.4, -0.2) is 28.4 Å². The van der Waals surface area contributed by atoms with Gasteiger partial charge in [0.25, 0.3) is 11.6 Å². The Labute approximate surface area is 156 Å². The monoisotopic (exact) mass is 384 g/mol. The van der Waals surface area contributed by atoms with Gasteiger partial charge in [-0.15, -0.1) is 23.7 Å². The molecule has 0 spiro atoms. The first kappa shape index (κ1) is 21.0. The summed E-state index contributed by atoms with van der Waals surface area (Å²) in [4.78, 5) is 26.8. The largest absolute Gasteiger partial charge is 0.347 e. The van der Waals surface area contributed by atoms with Crippen molar-refractivity contribution < 1.29 is 9.72 Å². The van der Waals surface area contributed by atoms with Gasteiger partial charge in [-0.3, -0.25) is 14.9 Å². The van der Waals surface area contributed by atoms with E-state index in [-0.39, 0.29) is 30.0 Å². The lowest BCUT2D eigenvalue weighted by Gasteiger charge is -2.18. The highest BCUT2D eigenvalue weighted by atomic mass is 35.5. The second kappa shape index (κ2) is 9.45. The molecule has 1 amide bonds. The number of nitrogens with one attached hydrogen (secondary N) is 1. The van der Waals surface area contributed by atoms with Crippen LogP contribution in [0.5, 0.6) is 0 Å². The number of thiazole rings is 1. The number of carbonyl (C=O) groups excluding carboxylic acids is 1. The number of rotatable bonds is 7.